The van der Waals surface area contributed by atoms with E-state index in [1.54, 1.807) is 0 Å². The molecule has 1 aromatic heterocycles. The van der Waals surface area contributed by atoms with Crippen molar-refractivity contribution in [3.05, 3.63) is 35.2 Å². The van der Waals surface area contributed by atoms with Crippen molar-refractivity contribution < 1.29 is 4.52 Å². The van der Waals surface area contributed by atoms with Gasteiger partial charge in [0.05, 0.1) is 0 Å². The smallest absolute Gasteiger partial charge is 0.249 e. The summed E-state index contributed by atoms with van der Waals surface area (Å²) in [6.07, 6.45) is 3.20. The van der Waals surface area contributed by atoms with E-state index in [9.17, 15) is 0 Å². The summed E-state index contributed by atoms with van der Waals surface area (Å²) < 4.78 is 5.49. The van der Waals surface area contributed by atoms with Crippen molar-refractivity contribution in [1.29, 1.82) is 0 Å². The third kappa shape index (κ3) is 3.08. The minimum atomic E-state index is 0.0362. The van der Waals surface area contributed by atoms with Crippen LogP contribution < -0.4 is 5.32 Å². The maximum absolute atomic E-state index is 6.01. The summed E-state index contributed by atoms with van der Waals surface area (Å²) >= 11 is 11.4. The van der Waals surface area contributed by atoms with Gasteiger partial charge in [-0.05, 0) is 43.6 Å². The Balaban J connectivity index is 1.87. The maximum Gasteiger partial charge on any atom is 0.249 e. The summed E-state index contributed by atoms with van der Waals surface area (Å²) in [5.41, 5.74) is 0.848. The Morgan fingerprint density at radius 2 is 2.32 bits per heavy atom. The lowest BCUT2D eigenvalue weighted by Crippen LogP contribution is -2.43. The highest BCUT2D eigenvalue weighted by Gasteiger charge is 2.30. The van der Waals surface area contributed by atoms with Crippen LogP contribution in [0.5, 0.6) is 0 Å². The highest BCUT2D eigenvalue weighted by atomic mass is 35.5. The molecule has 1 aromatic carbocycles. The van der Waals surface area contributed by atoms with E-state index in [0.717, 1.165) is 31.4 Å². The number of rotatable bonds is 2. The molecule has 0 spiro atoms. The van der Waals surface area contributed by atoms with Crippen LogP contribution in [0.25, 0.3) is 11.4 Å². The highest BCUT2D eigenvalue weighted by Crippen LogP contribution is 2.31. The molecular weight excluding hydrogens is 320 g/mol. The summed E-state index contributed by atoms with van der Waals surface area (Å²) in [4.78, 5) is 6.67. The third-order valence-corrected chi connectivity index (χ3v) is 4.46. The SMILES string of the molecule is CNC(=S)N1CCCCC1c1nc(-c2cccc(Cl)c2)no1. The van der Waals surface area contributed by atoms with E-state index in [-0.39, 0.29) is 6.04 Å². The van der Waals surface area contributed by atoms with Crippen molar-refractivity contribution in [3.63, 3.8) is 0 Å². The van der Waals surface area contributed by atoms with Crippen LogP contribution in [0.3, 0.4) is 0 Å². The molecule has 1 unspecified atom stereocenters. The fourth-order valence-electron chi connectivity index (χ4n) is 2.69. The minimum Gasteiger partial charge on any atom is -0.366 e. The van der Waals surface area contributed by atoms with Gasteiger partial charge in [-0.3, -0.25) is 0 Å². The van der Waals surface area contributed by atoms with Gasteiger partial charge in [-0.25, -0.2) is 0 Å². The van der Waals surface area contributed by atoms with Crippen LogP contribution in [-0.4, -0.2) is 33.7 Å². The zero-order chi connectivity index (χ0) is 15.5. The number of aromatic nitrogens is 2. The predicted molar refractivity (Wildman–Crippen MR) is 89.7 cm³/mol. The van der Waals surface area contributed by atoms with Crippen LogP contribution in [0, 0.1) is 0 Å². The van der Waals surface area contributed by atoms with Crippen LogP contribution >= 0.6 is 23.8 Å². The van der Waals surface area contributed by atoms with Crippen LogP contribution in [0.4, 0.5) is 0 Å². The molecule has 0 amide bonds. The number of likely N-dealkylation sites (tertiary alicyclic amines) is 1. The molecule has 22 heavy (non-hydrogen) atoms. The highest BCUT2D eigenvalue weighted by molar-refractivity contribution is 7.80. The van der Waals surface area contributed by atoms with E-state index in [2.05, 4.69) is 20.4 Å². The van der Waals surface area contributed by atoms with Crippen molar-refractivity contribution in [2.75, 3.05) is 13.6 Å². The molecule has 5 nitrogen and oxygen atoms in total. The molecule has 1 aliphatic heterocycles. The second-order valence-electron chi connectivity index (χ2n) is 5.23. The Labute approximate surface area is 139 Å². The average molecular weight is 337 g/mol. The normalized spacial score (nSPS) is 18.3. The van der Waals surface area contributed by atoms with Gasteiger partial charge >= 0.3 is 0 Å². The van der Waals surface area contributed by atoms with E-state index in [1.807, 2.05) is 31.3 Å². The Kier molecular flexibility index (Phi) is 4.59. The fourth-order valence-corrected chi connectivity index (χ4v) is 3.10. The molecule has 0 bridgehead atoms. The quantitative estimate of drug-likeness (QED) is 0.848. The van der Waals surface area contributed by atoms with Crippen molar-refractivity contribution in [3.8, 4) is 11.4 Å². The molecule has 1 fully saturated rings. The maximum atomic E-state index is 6.01. The Morgan fingerprint density at radius 3 is 3.09 bits per heavy atom. The number of nitrogens with one attached hydrogen (secondary N) is 1. The number of thiocarbonyl (C=S) groups is 1. The lowest BCUT2D eigenvalue weighted by Gasteiger charge is -2.34. The molecule has 2 aromatic rings. The first kappa shape index (κ1) is 15.2. The number of halogens is 1. The van der Waals surface area contributed by atoms with Crippen molar-refractivity contribution in [1.82, 2.24) is 20.4 Å². The average Bonchev–Trinajstić information content (AvgIpc) is 3.04. The first-order valence-corrected chi connectivity index (χ1v) is 8.05. The Bertz CT molecular complexity index is 675. The van der Waals surface area contributed by atoms with E-state index >= 15 is 0 Å². The minimum absolute atomic E-state index is 0.0362. The lowest BCUT2D eigenvalue weighted by molar-refractivity contribution is 0.194. The molecular formula is C15H17ClN4OS. The van der Waals surface area contributed by atoms with E-state index in [0.29, 0.717) is 21.9 Å². The first-order valence-electron chi connectivity index (χ1n) is 7.27. The first-order chi connectivity index (χ1) is 10.7. The number of benzene rings is 1. The number of piperidine rings is 1. The van der Waals surface area contributed by atoms with Crippen LogP contribution in [0.15, 0.2) is 28.8 Å². The summed E-state index contributed by atoms with van der Waals surface area (Å²) in [5.74, 6) is 1.16. The van der Waals surface area contributed by atoms with Gasteiger partial charge in [0.15, 0.2) is 5.11 Å². The van der Waals surface area contributed by atoms with E-state index in [4.69, 9.17) is 28.3 Å². The molecule has 0 radical (unpaired) electrons. The van der Waals surface area contributed by atoms with Gasteiger partial charge in [0.2, 0.25) is 11.7 Å². The van der Waals surface area contributed by atoms with E-state index in [1.165, 1.54) is 0 Å². The largest absolute Gasteiger partial charge is 0.366 e. The number of hydrogen-bond donors (Lipinski definition) is 1. The fraction of sp³-hybridized carbons (Fsp3) is 0.400. The van der Waals surface area contributed by atoms with Gasteiger partial charge in [0, 0.05) is 24.2 Å². The molecule has 2 heterocycles. The van der Waals surface area contributed by atoms with Gasteiger partial charge in [-0.1, -0.05) is 28.9 Å². The summed E-state index contributed by atoms with van der Waals surface area (Å²) in [6, 6.07) is 7.47. The molecule has 116 valence electrons. The monoisotopic (exact) mass is 336 g/mol. The topological polar surface area (TPSA) is 54.2 Å². The zero-order valence-corrected chi connectivity index (χ0v) is 13.8. The van der Waals surface area contributed by atoms with Crippen LogP contribution in [0.2, 0.25) is 5.02 Å². The molecule has 0 saturated carbocycles. The van der Waals surface area contributed by atoms with Gasteiger partial charge in [0.1, 0.15) is 6.04 Å². The third-order valence-electron chi connectivity index (χ3n) is 3.79. The van der Waals surface area contributed by atoms with Gasteiger partial charge in [-0.2, -0.15) is 4.98 Å². The zero-order valence-electron chi connectivity index (χ0n) is 12.3. The Hall–Kier alpha value is -1.66. The van der Waals surface area contributed by atoms with Crippen molar-refractivity contribution >= 4 is 28.9 Å². The Morgan fingerprint density at radius 1 is 1.45 bits per heavy atom. The standard InChI is InChI=1S/C15H17ClN4OS/c1-17-15(22)20-8-3-2-7-12(20)14-18-13(19-21-14)10-5-4-6-11(16)9-10/h4-6,9,12H,2-3,7-8H2,1H3,(H,17,22). The molecule has 3 rings (SSSR count). The van der Waals surface area contributed by atoms with Crippen LogP contribution in [0.1, 0.15) is 31.2 Å². The van der Waals surface area contributed by atoms with E-state index < -0.39 is 0 Å². The summed E-state index contributed by atoms with van der Waals surface area (Å²) in [5, 5.41) is 8.49. The molecule has 0 aliphatic carbocycles. The van der Waals surface area contributed by atoms with Gasteiger partial charge < -0.3 is 14.7 Å². The van der Waals surface area contributed by atoms with Crippen LogP contribution in [-0.2, 0) is 0 Å². The molecule has 1 aliphatic rings. The molecule has 1 atom stereocenters. The second-order valence-corrected chi connectivity index (χ2v) is 6.05. The second kappa shape index (κ2) is 6.62. The van der Waals surface area contributed by atoms with Gasteiger partial charge in [0.25, 0.3) is 0 Å². The van der Waals surface area contributed by atoms with Gasteiger partial charge in [-0.15, -0.1) is 0 Å². The summed E-state index contributed by atoms with van der Waals surface area (Å²) in [6.45, 7) is 0.902. The number of nitrogens with zero attached hydrogens (tertiary/aromatic N) is 3. The molecule has 7 heteroatoms. The predicted octanol–water partition coefficient (Wildman–Crippen LogP) is 3.42. The summed E-state index contributed by atoms with van der Waals surface area (Å²) in [7, 11) is 1.83. The molecule has 1 N–H and O–H groups in total. The van der Waals surface area contributed by atoms with Crippen molar-refractivity contribution in [2.24, 2.45) is 0 Å². The van der Waals surface area contributed by atoms with Crippen molar-refractivity contribution in [2.45, 2.75) is 25.3 Å². The lowest BCUT2D eigenvalue weighted by atomic mass is 10.0. The molecule has 1 saturated heterocycles. The number of hydrogen-bond acceptors (Lipinski definition) is 4.